The first-order valence-corrected chi connectivity index (χ1v) is 12.2. The molecule has 3 heterocycles. The van der Waals surface area contributed by atoms with E-state index in [-0.39, 0.29) is 23.2 Å². The number of nitrogens with zero attached hydrogens (tertiary/aromatic N) is 2. The number of thioether (sulfide) groups is 1. The SMILES string of the molecule is CCSc1ncc(Cl)c(C(=O)Nc2sc3c(c2C(=O)NCc2ccco2)CCCC3)n1. The van der Waals surface area contributed by atoms with Crippen LogP contribution in [0.2, 0.25) is 5.02 Å². The lowest BCUT2D eigenvalue weighted by molar-refractivity contribution is 0.0948. The number of furan rings is 1. The van der Waals surface area contributed by atoms with E-state index >= 15 is 0 Å². The lowest BCUT2D eigenvalue weighted by atomic mass is 9.95. The topological polar surface area (TPSA) is 97.1 Å². The van der Waals surface area contributed by atoms with Gasteiger partial charge in [0.1, 0.15) is 10.8 Å². The number of hydrogen-bond acceptors (Lipinski definition) is 7. The molecule has 4 rings (SSSR count). The van der Waals surface area contributed by atoms with E-state index in [4.69, 9.17) is 16.0 Å². The second-order valence-corrected chi connectivity index (χ2v) is 9.66. The maximum Gasteiger partial charge on any atom is 0.276 e. The number of nitrogens with one attached hydrogen (secondary N) is 2. The number of halogens is 1. The number of carbonyl (C=O) groups excluding carboxylic acids is 2. The summed E-state index contributed by atoms with van der Waals surface area (Å²) in [6.07, 6.45) is 6.80. The molecule has 31 heavy (non-hydrogen) atoms. The van der Waals surface area contributed by atoms with E-state index in [2.05, 4.69) is 20.6 Å². The zero-order chi connectivity index (χ0) is 21.8. The number of aromatic nitrogens is 2. The Morgan fingerprint density at radius 1 is 1.29 bits per heavy atom. The molecule has 0 spiro atoms. The number of anilines is 1. The molecule has 162 valence electrons. The largest absolute Gasteiger partial charge is 0.467 e. The summed E-state index contributed by atoms with van der Waals surface area (Å²) >= 11 is 9.06. The van der Waals surface area contributed by atoms with Gasteiger partial charge in [-0.3, -0.25) is 9.59 Å². The predicted octanol–water partition coefficient (Wildman–Crippen LogP) is 4.96. The van der Waals surface area contributed by atoms with Crippen LogP contribution in [-0.4, -0.2) is 27.5 Å². The maximum atomic E-state index is 13.1. The van der Waals surface area contributed by atoms with Crippen molar-refractivity contribution >= 4 is 51.5 Å². The number of amides is 2. The van der Waals surface area contributed by atoms with E-state index in [0.29, 0.717) is 21.5 Å². The summed E-state index contributed by atoms with van der Waals surface area (Å²) in [6, 6.07) is 3.57. The average molecular weight is 477 g/mol. The summed E-state index contributed by atoms with van der Waals surface area (Å²) in [5.41, 5.74) is 1.63. The summed E-state index contributed by atoms with van der Waals surface area (Å²) in [6.45, 7) is 2.26. The molecule has 1 aliphatic rings. The minimum Gasteiger partial charge on any atom is -0.467 e. The van der Waals surface area contributed by atoms with Gasteiger partial charge in [0, 0.05) is 4.88 Å². The van der Waals surface area contributed by atoms with Crippen molar-refractivity contribution in [1.29, 1.82) is 0 Å². The molecule has 2 N–H and O–H groups in total. The van der Waals surface area contributed by atoms with Gasteiger partial charge in [0.2, 0.25) is 0 Å². The normalized spacial score (nSPS) is 13.0. The van der Waals surface area contributed by atoms with E-state index in [1.165, 1.54) is 29.3 Å². The Morgan fingerprint density at radius 3 is 2.90 bits per heavy atom. The van der Waals surface area contributed by atoms with Crippen LogP contribution in [-0.2, 0) is 19.4 Å². The van der Waals surface area contributed by atoms with Crippen molar-refractivity contribution in [2.75, 3.05) is 11.1 Å². The van der Waals surface area contributed by atoms with E-state index < -0.39 is 5.91 Å². The molecule has 1 aliphatic carbocycles. The smallest absolute Gasteiger partial charge is 0.276 e. The number of hydrogen-bond donors (Lipinski definition) is 2. The lowest BCUT2D eigenvalue weighted by Gasteiger charge is -2.13. The quantitative estimate of drug-likeness (QED) is 0.369. The van der Waals surface area contributed by atoms with Crippen LogP contribution in [0.1, 0.15) is 56.8 Å². The molecule has 3 aromatic rings. The van der Waals surface area contributed by atoms with Crippen LogP contribution in [0, 0.1) is 0 Å². The lowest BCUT2D eigenvalue weighted by Crippen LogP contribution is -2.25. The molecule has 0 bridgehead atoms. The standard InChI is InChI=1S/C21H21ClN4O3S2/c1-2-30-21-24-11-14(22)17(25-21)19(28)26-20-16(13-7-3-4-8-15(13)31-20)18(27)23-10-12-6-5-9-29-12/h5-6,9,11H,2-4,7-8,10H2,1H3,(H,23,27)(H,26,28). The first-order chi connectivity index (χ1) is 15.1. The van der Waals surface area contributed by atoms with Crippen LogP contribution < -0.4 is 10.6 Å². The van der Waals surface area contributed by atoms with Crippen molar-refractivity contribution in [3.63, 3.8) is 0 Å². The summed E-state index contributed by atoms with van der Waals surface area (Å²) in [4.78, 5) is 35.6. The highest BCUT2D eigenvalue weighted by Gasteiger charge is 2.27. The number of carbonyl (C=O) groups is 2. The van der Waals surface area contributed by atoms with Crippen molar-refractivity contribution in [2.24, 2.45) is 0 Å². The zero-order valence-corrected chi connectivity index (χ0v) is 19.3. The van der Waals surface area contributed by atoms with E-state index in [1.54, 1.807) is 18.4 Å². The van der Waals surface area contributed by atoms with Crippen LogP contribution in [0.25, 0.3) is 0 Å². The molecule has 0 atom stereocenters. The van der Waals surface area contributed by atoms with Crippen LogP contribution in [0.5, 0.6) is 0 Å². The molecule has 0 saturated heterocycles. The van der Waals surface area contributed by atoms with Crippen molar-refractivity contribution in [1.82, 2.24) is 15.3 Å². The summed E-state index contributed by atoms with van der Waals surface area (Å²) in [7, 11) is 0. The highest BCUT2D eigenvalue weighted by molar-refractivity contribution is 7.99. The number of rotatable bonds is 7. The van der Waals surface area contributed by atoms with Gasteiger partial charge in [-0.25, -0.2) is 9.97 Å². The molecule has 2 amide bonds. The molecule has 0 fully saturated rings. The van der Waals surface area contributed by atoms with Gasteiger partial charge in [0.05, 0.1) is 29.6 Å². The Labute approximate surface area is 193 Å². The Kier molecular flexibility index (Phi) is 6.94. The second-order valence-electron chi connectivity index (χ2n) is 6.91. The highest BCUT2D eigenvalue weighted by atomic mass is 35.5. The zero-order valence-electron chi connectivity index (χ0n) is 16.9. The van der Waals surface area contributed by atoms with Gasteiger partial charge in [0.15, 0.2) is 10.9 Å². The molecule has 10 heteroatoms. The van der Waals surface area contributed by atoms with Gasteiger partial charge in [-0.2, -0.15) is 0 Å². The van der Waals surface area contributed by atoms with E-state index in [0.717, 1.165) is 41.9 Å². The van der Waals surface area contributed by atoms with Crippen LogP contribution >= 0.6 is 34.7 Å². The molecule has 0 aromatic carbocycles. The summed E-state index contributed by atoms with van der Waals surface area (Å²) in [5.74, 6) is 0.753. The Morgan fingerprint density at radius 2 is 2.13 bits per heavy atom. The number of thiophene rings is 1. The molecule has 0 unspecified atom stereocenters. The number of aryl methyl sites for hydroxylation is 1. The van der Waals surface area contributed by atoms with Crippen molar-refractivity contribution < 1.29 is 14.0 Å². The molecule has 0 saturated carbocycles. The molecule has 3 aromatic heterocycles. The van der Waals surface area contributed by atoms with Gasteiger partial charge >= 0.3 is 0 Å². The van der Waals surface area contributed by atoms with Crippen LogP contribution in [0.4, 0.5) is 5.00 Å². The van der Waals surface area contributed by atoms with Gasteiger partial charge in [0.25, 0.3) is 11.8 Å². The third-order valence-electron chi connectivity index (χ3n) is 4.84. The Hall–Kier alpha value is -2.36. The Balaban J connectivity index is 1.60. The highest BCUT2D eigenvalue weighted by Crippen LogP contribution is 2.38. The molecular formula is C21H21ClN4O3S2. The van der Waals surface area contributed by atoms with Crippen molar-refractivity contribution in [3.05, 3.63) is 57.1 Å². The first-order valence-electron chi connectivity index (χ1n) is 9.98. The predicted molar refractivity (Wildman–Crippen MR) is 122 cm³/mol. The fraction of sp³-hybridized carbons (Fsp3) is 0.333. The fourth-order valence-corrected chi connectivity index (χ4v) is 5.43. The molecular weight excluding hydrogens is 456 g/mol. The van der Waals surface area contributed by atoms with E-state index in [9.17, 15) is 9.59 Å². The fourth-order valence-electron chi connectivity index (χ4n) is 3.43. The van der Waals surface area contributed by atoms with Crippen LogP contribution in [0.3, 0.4) is 0 Å². The Bertz CT molecular complexity index is 1100. The maximum absolute atomic E-state index is 13.1. The molecule has 7 nitrogen and oxygen atoms in total. The van der Waals surface area contributed by atoms with Crippen molar-refractivity contribution in [3.8, 4) is 0 Å². The monoisotopic (exact) mass is 476 g/mol. The minimum atomic E-state index is -0.455. The van der Waals surface area contributed by atoms with Crippen LogP contribution in [0.15, 0.2) is 34.2 Å². The van der Waals surface area contributed by atoms with Gasteiger partial charge in [-0.1, -0.05) is 30.3 Å². The number of fused-ring (bicyclic) bond motifs is 1. The van der Waals surface area contributed by atoms with Gasteiger partial charge in [-0.05, 0) is 49.1 Å². The second kappa shape index (κ2) is 9.84. The first kappa shape index (κ1) is 21.9. The molecule has 0 radical (unpaired) electrons. The third kappa shape index (κ3) is 4.94. The average Bonchev–Trinajstić information content (AvgIpc) is 3.41. The third-order valence-corrected chi connectivity index (χ3v) is 7.07. The summed E-state index contributed by atoms with van der Waals surface area (Å²) < 4.78 is 5.30. The minimum absolute atomic E-state index is 0.0981. The molecule has 0 aliphatic heterocycles. The van der Waals surface area contributed by atoms with Gasteiger partial charge in [-0.15, -0.1) is 11.3 Å². The van der Waals surface area contributed by atoms with Gasteiger partial charge < -0.3 is 15.1 Å². The van der Waals surface area contributed by atoms with Crippen molar-refractivity contribution in [2.45, 2.75) is 44.3 Å². The summed E-state index contributed by atoms with van der Waals surface area (Å²) in [5, 5.41) is 6.95. The van der Waals surface area contributed by atoms with E-state index in [1.807, 2.05) is 6.92 Å².